The number of benzene rings is 1. The van der Waals surface area contributed by atoms with E-state index in [1.807, 2.05) is 18.2 Å². The van der Waals surface area contributed by atoms with Crippen molar-refractivity contribution >= 4 is 17.6 Å². The monoisotopic (exact) mass is 356 g/mol. The molecule has 1 fully saturated rings. The zero-order valence-electron chi connectivity index (χ0n) is 14.8. The minimum Gasteiger partial charge on any atom is -0.363 e. The molecule has 2 aromatic rings. The lowest BCUT2D eigenvalue weighted by molar-refractivity contribution is -0.117. The average Bonchev–Trinajstić information content (AvgIpc) is 3.19. The molecule has 0 unspecified atom stereocenters. The fraction of sp³-hybridized carbons (Fsp3) is 0.421. The van der Waals surface area contributed by atoms with E-state index in [0.29, 0.717) is 17.9 Å². The highest BCUT2D eigenvalue weighted by molar-refractivity contribution is 5.99. The van der Waals surface area contributed by atoms with Gasteiger partial charge in [0.15, 0.2) is 5.82 Å². The normalized spacial score (nSPS) is 14.8. The van der Waals surface area contributed by atoms with Gasteiger partial charge in [-0.1, -0.05) is 29.8 Å². The van der Waals surface area contributed by atoms with Crippen LogP contribution >= 0.6 is 0 Å². The van der Waals surface area contributed by atoms with Crippen LogP contribution in [0.4, 0.5) is 5.82 Å². The summed E-state index contributed by atoms with van der Waals surface area (Å²) in [5.41, 5.74) is 0.584. The van der Waals surface area contributed by atoms with E-state index in [0.717, 1.165) is 19.6 Å². The second-order valence-electron chi connectivity index (χ2n) is 6.43. The number of piperidine rings is 1. The molecular formula is C19H24N4O3. The van der Waals surface area contributed by atoms with Crippen molar-refractivity contribution in [1.29, 1.82) is 0 Å². The highest BCUT2D eigenvalue weighted by Crippen LogP contribution is 2.10. The maximum atomic E-state index is 12.8. The van der Waals surface area contributed by atoms with Gasteiger partial charge in [0.2, 0.25) is 5.91 Å². The maximum absolute atomic E-state index is 12.8. The van der Waals surface area contributed by atoms with E-state index in [-0.39, 0.29) is 18.4 Å². The average molecular weight is 356 g/mol. The Morgan fingerprint density at radius 3 is 2.58 bits per heavy atom. The molecule has 0 bridgehead atoms. The van der Waals surface area contributed by atoms with E-state index in [4.69, 9.17) is 4.52 Å². The minimum atomic E-state index is -0.290. The number of nitrogens with one attached hydrogen (secondary N) is 1. The number of hydrogen-bond donors (Lipinski definition) is 1. The molecule has 1 saturated heterocycles. The molecule has 1 aromatic carbocycles. The lowest BCUT2D eigenvalue weighted by atomic mass is 10.1. The van der Waals surface area contributed by atoms with E-state index in [9.17, 15) is 9.59 Å². The van der Waals surface area contributed by atoms with Crippen LogP contribution in [0.25, 0.3) is 0 Å². The second kappa shape index (κ2) is 9.15. The van der Waals surface area contributed by atoms with Crippen LogP contribution in [0.15, 0.2) is 47.2 Å². The number of nitrogens with zero attached hydrogens (tertiary/aromatic N) is 3. The van der Waals surface area contributed by atoms with E-state index >= 15 is 0 Å². The van der Waals surface area contributed by atoms with E-state index < -0.39 is 0 Å². The second-order valence-corrected chi connectivity index (χ2v) is 6.43. The summed E-state index contributed by atoms with van der Waals surface area (Å²) in [6.45, 7) is 3.38. The van der Waals surface area contributed by atoms with Gasteiger partial charge in [-0.25, -0.2) is 0 Å². The maximum Gasteiger partial charge on any atom is 0.254 e. The molecule has 2 heterocycles. The summed E-state index contributed by atoms with van der Waals surface area (Å²) in [4.78, 5) is 29.1. The first-order valence-corrected chi connectivity index (χ1v) is 8.99. The fourth-order valence-electron chi connectivity index (χ4n) is 3.09. The first-order chi connectivity index (χ1) is 12.7. The van der Waals surface area contributed by atoms with Crippen LogP contribution in [0.5, 0.6) is 0 Å². The van der Waals surface area contributed by atoms with Crippen molar-refractivity contribution in [3.05, 3.63) is 48.2 Å². The largest absolute Gasteiger partial charge is 0.363 e. The van der Waals surface area contributed by atoms with Crippen molar-refractivity contribution in [2.75, 3.05) is 38.0 Å². The molecule has 0 radical (unpaired) electrons. The summed E-state index contributed by atoms with van der Waals surface area (Å²) in [6.07, 6.45) is 5.04. The molecule has 3 rings (SSSR count). The highest BCUT2D eigenvalue weighted by atomic mass is 16.5. The predicted molar refractivity (Wildman–Crippen MR) is 97.8 cm³/mol. The molecule has 26 heavy (non-hydrogen) atoms. The molecule has 7 heteroatoms. The molecular weight excluding hydrogens is 332 g/mol. The molecule has 1 aliphatic heterocycles. The van der Waals surface area contributed by atoms with Gasteiger partial charge in [0.1, 0.15) is 12.8 Å². The molecule has 7 nitrogen and oxygen atoms in total. The van der Waals surface area contributed by atoms with Crippen LogP contribution in [-0.4, -0.2) is 59.5 Å². The van der Waals surface area contributed by atoms with Crippen LogP contribution in [0.2, 0.25) is 0 Å². The first kappa shape index (κ1) is 18.1. The molecule has 0 spiro atoms. The van der Waals surface area contributed by atoms with Crippen LogP contribution in [-0.2, 0) is 4.79 Å². The quantitative estimate of drug-likeness (QED) is 0.823. The van der Waals surface area contributed by atoms with Crippen molar-refractivity contribution in [2.45, 2.75) is 19.3 Å². The van der Waals surface area contributed by atoms with Crippen LogP contribution in [0, 0.1) is 0 Å². The molecule has 138 valence electrons. The van der Waals surface area contributed by atoms with Crippen molar-refractivity contribution < 1.29 is 14.1 Å². The van der Waals surface area contributed by atoms with Gasteiger partial charge < -0.3 is 19.6 Å². The van der Waals surface area contributed by atoms with Gasteiger partial charge in [0, 0.05) is 24.7 Å². The van der Waals surface area contributed by atoms with Gasteiger partial charge in [-0.05, 0) is 38.1 Å². The van der Waals surface area contributed by atoms with Gasteiger partial charge in [-0.3, -0.25) is 9.59 Å². The summed E-state index contributed by atoms with van der Waals surface area (Å²) in [5.74, 6) is -0.0853. The Morgan fingerprint density at radius 1 is 1.12 bits per heavy atom. The Bertz CT molecular complexity index is 697. The summed E-state index contributed by atoms with van der Waals surface area (Å²) >= 11 is 0. The third-order valence-electron chi connectivity index (χ3n) is 4.48. The summed E-state index contributed by atoms with van der Waals surface area (Å²) in [5, 5.41) is 6.31. The van der Waals surface area contributed by atoms with Crippen LogP contribution < -0.4 is 5.32 Å². The predicted octanol–water partition coefficient (Wildman–Crippen LogP) is 2.24. The number of likely N-dealkylation sites (tertiary alicyclic amines) is 1. The summed E-state index contributed by atoms with van der Waals surface area (Å²) in [7, 11) is 0. The van der Waals surface area contributed by atoms with Gasteiger partial charge in [0.25, 0.3) is 5.91 Å². The third-order valence-corrected chi connectivity index (χ3v) is 4.48. The number of amides is 2. The molecule has 1 aliphatic rings. The topological polar surface area (TPSA) is 78.7 Å². The number of hydrogen-bond acceptors (Lipinski definition) is 5. The number of carbonyl (C=O) groups is 2. The van der Waals surface area contributed by atoms with E-state index in [1.165, 1.54) is 25.5 Å². The molecule has 0 saturated carbocycles. The molecule has 1 aromatic heterocycles. The number of aromatic nitrogens is 1. The van der Waals surface area contributed by atoms with E-state index in [1.54, 1.807) is 23.1 Å². The van der Waals surface area contributed by atoms with Crippen LogP contribution in [0.1, 0.15) is 29.6 Å². The molecule has 0 aliphatic carbocycles. The standard InChI is InChI=1S/C19H24N4O3/c24-18(20-17-9-14-26-21-17)15-23(13-12-22-10-5-2-6-11-22)19(25)16-7-3-1-4-8-16/h1,3-4,7-9,14H,2,5-6,10-13,15H2,(H,20,21,24). The number of carbonyl (C=O) groups excluding carboxylic acids is 2. The lowest BCUT2D eigenvalue weighted by Gasteiger charge is -2.30. The number of rotatable bonds is 7. The Morgan fingerprint density at radius 2 is 1.88 bits per heavy atom. The van der Waals surface area contributed by atoms with Crippen molar-refractivity contribution in [3.8, 4) is 0 Å². The smallest absolute Gasteiger partial charge is 0.254 e. The van der Waals surface area contributed by atoms with Crippen molar-refractivity contribution in [3.63, 3.8) is 0 Å². The molecule has 2 amide bonds. The lowest BCUT2D eigenvalue weighted by Crippen LogP contribution is -2.43. The Hall–Kier alpha value is -2.67. The Balaban J connectivity index is 1.63. The fourth-order valence-corrected chi connectivity index (χ4v) is 3.09. The third kappa shape index (κ3) is 5.16. The van der Waals surface area contributed by atoms with E-state index in [2.05, 4.69) is 15.4 Å². The highest BCUT2D eigenvalue weighted by Gasteiger charge is 2.20. The summed E-state index contributed by atoms with van der Waals surface area (Å²) < 4.78 is 4.71. The first-order valence-electron chi connectivity index (χ1n) is 8.99. The Labute approximate surface area is 152 Å². The molecule has 0 atom stereocenters. The number of anilines is 1. The van der Waals surface area contributed by atoms with Crippen LogP contribution in [0.3, 0.4) is 0 Å². The van der Waals surface area contributed by atoms with Gasteiger partial charge in [0.05, 0.1) is 0 Å². The SMILES string of the molecule is O=C(CN(CCN1CCCCC1)C(=O)c1ccccc1)Nc1ccon1. The summed E-state index contributed by atoms with van der Waals surface area (Å²) in [6, 6.07) is 10.6. The van der Waals surface area contributed by atoms with Crippen molar-refractivity contribution in [1.82, 2.24) is 15.0 Å². The van der Waals surface area contributed by atoms with Gasteiger partial charge >= 0.3 is 0 Å². The zero-order chi connectivity index (χ0) is 18.2. The molecule has 1 N–H and O–H groups in total. The Kier molecular flexibility index (Phi) is 6.38. The zero-order valence-corrected chi connectivity index (χ0v) is 14.8. The van der Waals surface area contributed by atoms with Gasteiger partial charge in [-0.15, -0.1) is 0 Å². The van der Waals surface area contributed by atoms with Crippen molar-refractivity contribution in [2.24, 2.45) is 0 Å². The minimum absolute atomic E-state index is 0.0194. The van der Waals surface area contributed by atoms with Gasteiger partial charge in [-0.2, -0.15) is 0 Å².